The third-order valence-electron chi connectivity index (χ3n) is 4.44. The number of hydrogen-bond donors (Lipinski definition) is 1. The molecule has 1 aromatic rings. The van der Waals surface area contributed by atoms with E-state index in [1.54, 1.807) is 14.2 Å². The van der Waals surface area contributed by atoms with Crippen molar-refractivity contribution in [3.8, 4) is 11.5 Å². The van der Waals surface area contributed by atoms with Gasteiger partial charge in [-0.25, -0.2) is 0 Å². The Morgan fingerprint density at radius 2 is 1.95 bits per heavy atom. The molecule has 0 spiro atoms. The second kappa shape index (κ2) is 5.93. The number of ether oxygens (including phenoxy) is 2. The van der Waals surface area contributed by atoms with E-state index in [-0.39, 0.29) is 11.8 Å². The molecule has 2 aliphatic rings. The average Bonchev–Trinajstić information content (AvgIpc) is 3.06. The molecule has 1 saturated heterocycles. The Hall–Kier alpha value is -1.75. The van der Waals surface area contributed by atoms with Crippen LogP contribution in [0.2, 0.25) is 0 Å². The largest absolute Gasteiger partial charge is 0.493 e. The van der Waals surface area contributed by atoms with Gasteiger partial charge < -0.3 is 19.7 Å². The van der Waals surface area contributed by atoms with Crippen LogP contribution in [0.15, 0.2) is 12.1 Å². The van der Waals surface area contributed by atoms with Crippen molar-refractivity contribution in [2.24, 2.45) is 5.92 Å². The number of rotatable bonds is 3. The van der Waals surface area contributed by atoms with Crippen molar-refractivity contribution in [3.63, 3.8) is 0 Å². The molecule has 114 valence electrons. The van der Waals surface area contributed by atoms with E-state index in [1.807, 2.05) is 17.0 Å². The first-order chi connectivity index (χ1) is 10.2. The minimum atomic E-state index is 0.145. The highest BCUT2D eigenvalue weighted by molar-refractivity contribution is 5.79. The Bertz CT molecular complexity index is 539. The summed E-state index contributed by atoms with van der Waals surface area (Å²) in [5.41, 5.74) is 2.42. The number of benzene rings is 1. The van der Waals surface area contributed by atoms with Gasteiger partial charge in [-0.3, -0.25) is 4.79 Å². The molecule has 0 saturated carbocycles. The van der Waals surface area contributed by atoms with E-state index in [9.17, 15) is 4.79 Å². The Morgan fingerprint density at radius 1 is 1.24 bits per heavy atom. The average molecular weight is 290 g/mol. The van der Waals surface area contributed by atoms with Gasteiger partial charge in [0.2, 0.25) is 5.91 Å². The SMILES string of the molecule is COc1cc2c(cc1OC)CN(C(=O)C1CCNC1)CC2. The maximum Gasteiger partial charge on any atom is 0.227 e. The van der Waals surface area contributed by atoms with Crippen LogP contribution >= 0.6 is 0 Å². The third kappa shape index (κ3) is 2.70. The van der Waals surface area contributed by atoms with Gasteiger partial charge in [0.05, 0.1) is 20.1 Å². The molecule has 5 heteroatoms. The van der Waals surface area contributed by atoms with Crippen LogP contribution in [0.5, 0.6) is 11.5 Å². The first-order valence-electron chi connectivity index (χ1n) is 7.46. The molecule has 5 nitrogen and oxygen atoms in total. The van der Waals surface area contributed by atoms with Gasteiger partial charge in [-0.2, -0.15) is 0 Å². The lowest BCUT2D eigenvalue weighted by Gasteiger charge is -2.31. The fourth-order valence-corrected chi connectivity index (χ4v) is 3.19. The summed E-state index contributed by atoms with van der Waals surface area (Å²) >= 11 is 0. The van der Waals surface area contributed by atoms with Crippen LogP contribution < -0.4 is 14.8 Å². The fourth-order valence-electron chi connectivity index (χ4n) is 3.19. The van der Waals surface area contributed by atoms with E-state index < -0.39 is 0 Å². The van der Waals surface area contributed by atoms with E-state index in [1.165, 1.54) is 11.1 Å². The lowest BCUT2D eigenvalue weighted by atomic mass is 9.97. The van der Waals surface area contributed by atoms with Crippen molar-refractivity contribution in [2.75, 3.05) is 33.9 Å². The monoisotopic (exact) mass is 290 g/mol. The van der Waals surface area contributed by atoms with Crippen molar-refractivity contribution in [1.29, 1.82) is 0 Å². The maximum atomic E-state index is 12.5. The van der Waals surface area contributed by atoms with Gasteiger partial charge in [0, 0.05) is 19.6 Å². The predicted molar refractivity (Wildman–Crippen MR) is 79.6 cm³/mol. The molecule has 1 atom stereocenters. The van der Waals surface area contributed by atoms with Gasteiger partial charge in [0.1, 0.15) is 0 Å². The Kier molecular flexibility index (Phi) is 4.01. The van der Waals surface area contributed by atoms with E-state index >= 15 is 0 Å². The van der Waals surface area contributed by atoms with Gasteiger partial charge in [0.15, 0.2) is 11.5 Å². The number of carbonyl (C=O) groups is 1. The Morgan fingerprint density at radius 3 is 2.57 bits per heavy atom. The molecule has 1 aromatic carbocycles. The minimum absolute atomic E-state index is 0.145. The van der Waals surface area contributed by atoms with Crippen molar-refractivity contribution >= 4 is 5.91 Å². The summed E-state index contributed by atoms with van der Waals surface area (Å²) in [6.07, 6.45) is 1.83. The molecule has 0 aromatic heterocycles. The van der Waals surface area contributed by atoms with Crippen LogP contribution in [-0.4, -0.2) is 44.7 Å². The van der Waals surface area contributed by atoms with Crippen LogP contribution in [0, 0.1) is 5.92 Å². The molecule has 1 fully saturated rings. The Labute approximate surface area is 125 Å². The molecular formula is C16H22N2O3. The number of nitrogens with one attached hydrogen (secondary N) is 1. The van der Waals surface area contributed by atoms with Crippen molar-refractivity contribution < 1.29 is 14.3 Å². The smallest absolute Gasteiger partial charge is 0.227 e. The molecular weight excluding hydrogens is 268 g/mol. The quantitative estimate of drug-likeness (QED) is 0.909. The summed E-state index contributed by atoms with van der Waals surface area (Å²) in [6, 6.07) is 4.04. The molecule has 2 aliphatic heterocycles. The molecule has 2 heterocycles. The summed E-state index contributed by atoms with van der Waals surface area (Å²) in [4.78, 5) is 14.5. The number of methoxy groups -OCH3 is 2. The summed E-state index contributed by atoms with van der Waals surface area (Å²) in [5, 5.41) is 3.26. The van der Waals surface area contributed by atoms with Crippen molar-refractivity contribution in [1.82, 2.24) is 10.2 Å². The molecule has 21 heavy (non-hydrogen) atoms. The molecule has 0 bridgehead atoms. The Balaban J connectivity index is 1.79. The highest BCUT2D eigenvalue weighted by atomic mass is 16.5. The molecule has 0 aliphatic carbocycles. The van der Waals surface area contributed by atoms with Crippen molar-refractivity contribution in [3.05, 3.63) is 23.3 Å². The number of fused-ring (bicyclic) bond motifs is 1. The second-order valence-corrected chi connectivity index (χ2v) is 5.68. The number of amides is 1. The van der Waals surface area contributed by atoms with Gasteiger partial charge in [-0.05, 0) is 42.6 Å². The normalized spacial score (nSPS) is 21.0. The van der Waals surface area contributed by atoms with Gasteiger partial charge in [-0.15, -0.1) is 0 Å². The number of hydrogen-bond acceptors (Lipinski definition) is 4. The second-order valence-electron chi connectivity index (χ2n) is 5.68. The topological polar surface area (TPSA) is 50.8 Å². The zero-order chi connectivity index (χ0) is 14.8. The maximum absolute atomic E-state index is 12.5. The molecule has 3 rings (SSSR count). The summed E-state index contributed by atoms with van der Waals surface area (Å²) < 4.78 is 10.7. The highest BCUT2D eigenvalue weighted by Gasteiger charge is 2.29. The van der Waals surface area contributed by atoms with E-state index in [0.29, 0.717) is 6.54 Å². The summed E-state index contributed by atoms with van der Waals surface area (Å²) in [6.45, 7) is 3.23. The van der Waals surface area contributed by atoms with Gasteiger partial charge in [0.25, 0.3) is 0 Å². The third-order valence-corrected chi connectivity index (χ3v) is 4.44. The highest BCUT2D eigenvalue weighted by Crippen LogP contribution is 2.33. The van der Waals surface area contributed by atoms with E-state index in [2.05, 4.69) is 5.32 Å². The zero-order valence-corrected chi connectivity index (χ0v) is 12.6. The number of carbonyl (C=O) groups excluding carboxylic acids is 1. The fraction of sp³-hybridized carbons (Fsp3) is 0.562. The number of nitrogens with zero attached hydrogens (tertiary/aromatic N) is 1. The van der Waals surface area contributed by atoms with Gasteiger partial charge in [-0.1, -0.05) is 0 Å². The first kappa shape index (κ1) is 14.2. The van der Waals surface area contributed by atoms with Crippen molar-refractivity contribution in [2.45, 2.75) is 19.4 Å². The lowest BCUT2D eigenvalue weighted by Crippen LogP contribution is -2.40. The van der Waals surface area contributed by atoms with Crippen LogP contribution in [-0.2, 0) is 17.8 Å². The van der Waals surface area contributed by atoms with Gasteiger partial charge >= 0.3 is 0 Å². The van der Waals surface area contributed by atoms with Crippen LogP contribution in [0.3, 0.4) is 0 Å². The summed E-state index contributed by atoms with van der Waals surface area (Å²) in [5.74, 6) is 1.91. The lowest BCUT2D eigenvalue weighted by molar-refractivity contribution is -0.135. The predicted octanol–water partition coefficient (Wildman–Crippen LogP) is 1.20. The molecule has 1 amide bonds. The first-order valence-corrected chi connectivity index (χ1v) is 7.46. The molecule has 1 N–H and O–H groups in total. The molecule has 0 radical (unpaired) electrons. The standard InChI is InChI=1S/C16H22N2O3/c1-20-14-7-11-4-6-18(10-13(11)8-15(14)21-2)16(19)12-3-5-17-9-12/h7-8,12,17H,3-6,9-10H2,1-2H3. The van der Waals surface area contributed by atoms with E-state index in [4.69, 9.17) is 9.47 Å². The summed E-state index contributed by atoms with van der Waals surface area (Å²) in [7, 11) is 3.29. The van der Waals surface area contributed by atoms with Crippen LogP contribution in [0.4, 0.5) is 0 Å². The minimum Gasteiger partial charge on any atom is -0.493 e. The van der Waals surface area contributed by atoms with Crippen LogP contribution in [0.1, 0.15) is 17.5 Å². The molecule has 1 unspecified atom stereocenters. The van der Waals surface area contributed by atoms with E-state index in [0.717, 1.165) is 44.0 Å². The van der Waals surface area contributed by atoms with Crippen LogP contribution in [0.25, 0.3) is 0 Å². The zero-order valence-electron chi connectivity index (χ0n) is 12.6.